The summed E-state index contributed by atoms with van der Waals surface area (Å²) < 4.78 is 0. The predicted octanol–water partition coefficient (Wildman–Crippen LogP) is 2.62. The van der Waals surface area contributed by atoms with Gasteiger partial charge < -0.3 is 10.2 Å². The van der Waals surface area contributed by atoms with E-state index in [-0.39, 0.29) is 11.9 Å². The van der Waals surface area contributed by atoms with Crippen LogP contribution in [0.2, 0.25) is 5.02 Å². The van der Waals surface area contributed by atoms with Gasteiger partial charge in [-0.2, -0.15) is 0 Å². The van der Waals surface area contributed by atoms with E-state index >= 15 is 0 Å². The monoisotopic (exact) mass is 240 g/mol. The molecule has 0 saturated carbocycles. The maximum atomic E-state index is 11.5. The maximum Gasteiger partial charge on any atom is 0.224 e. The second-order valence-electron chi connectivity index (χ2n) is 4.02. The molecule has 1 N–H and O–H groups in total. The first-order chi connectivity index (χ1) is 7.50. The lowest BCUT2D eigenvalue weighted by Crippen LogP contribution is -2.28. The number of nitrogens with zero attached hydrogens (tertiary/aromatic N) is 1. The lowest BCUT2D eigenvalue weighted by Gasteiger charge is -2.18. The highest BCUT2D eigenvalue weighted by atomic mass is 35.5. The number of hydrogen-bond donors (Lipinski definition) is 1. The second kappa shape index (κ2) is 5.75. The van der Waals surface area contributed by atoms with Gasteiger partial charge in [-0.3, -0.25) is 4.79 Å². The van der Waals surface area contributed by atoms with Crippen LogP contribution in [-0.4, -0.2) is 30.9 Å². The van der Waals surface area contributed by atoms with Crippen molar-refractivity contribution in [3.63, 3.8) is 0 Å². The number of anilines is 1. The van der Waals surface area contributed by atoms with Crippen LogP contribution in [0.25, 0.3) is 0 Å². The van der Waals surface area contributed by atoms with E-state index in [1.54, 1.807) is 19.0 Å². The Balaban J connectivity index is 2.55. The summed E-state index contributed by atoms with van der Waals surface area (Å²) in [5.74, 6) is 0.104. The van der Waals surface area contributed by atoms with Gasteiger partial charge in [-0.25, -0.2) is 0 Å². The normalized spacial score (nSPS) is 12.0. The molecular formula is C12H17ClN2O. The van der Waals surface area contributed by atoms with Gasteiger partial charge in [-0.1, -0.05) is 23.7 Å². The lowest BCUT2D eigenvalue weighted by atomic mass is 10.2. The van der Waals surface area contributed by atoms with Gasteiger partial charge in [0.1, 0.15) is 0 Å². The third-order valence-corrected chi connectivity index (χ3v) is 2.58. The first-order valence-corrected chi connectivity index (χ1v) is 5.59. The van der Waals surface area contributed by atoms with Crippen LogP contribution in [0.1, 0.15) is 13.3 Å². The van der Waals surface area contributed by atoms with Crippen molar-refractivity contribution in [1.29, 1.82) is 0 Å². The molecule has 0 aliphatic heterocycles. The highest BCUT2D eigenvalue weighted by Crippen LogP contribution is 2.21. The van der Waals surface area contributed by atoms with Gasteiger partial charge in [0.15, 0.2) is 0 Å². The van der Waals surface area contributed by atoms with Crippen molar-refractivity contribution in [2.45, 2.75) is 19.4 Å². The van der Waals surface area contributed by atoms with Gasteiger partial charge in [0.2, 0.25) is 5.91 Å². The summed E-state index contributed by atoms with van der Waals surface area (Å²) in [7, 11) is 3.51. The third kappa shape index (κ3) is 3.74. The summed E-state index contributed by atoms with van der Waals surface area (Å²) in [5, 5.41) is 3.89. The van der Waals surface area contributed by atoms with Crippen molar-refractivity contribution in [2.75, 3.05) is 19.4 Å². The van der Waals surface area contributed by atoms with Crippen molar-refractivity contribution in [2.24, 2.45) is 0 Å². The van der Waals surface area contributed by atoms with Crippen LogP contribution >= 0.6 is 11.6 Å². The molecule has 16 heavy (non-hydrogen) atoms. The van der Waals surface area contributed by atoms with E-state index in [1.165, 1.54) is 0 Å². The van der Waals surface area contributed by atoms with Gasteiger partial charge in [0.25, 0.3) is 0 Å². The Kier molecular flexibility index (Phi) is 4.62. The van der Waals surface area contributed by atoms with Gasteiger partial charge in [-0.05, 0) is 19.1 Å². The molecule has 3 nitrogen and oxygen atoms in total. The highest BCUT2D eigenvalue weighted by molar-refractivity contribution is 6.33. The van der Waals surface area contributed by atoms with Crippen LogP contribution in [0, 0.1) is 0 Å². The number of halogens is 1. The molecule has 88 valence electrons. The minimum absolute atomic E-state index is 0.0646. The molecule has 1 aromatic rings. The summed E-state index contributed by atoms with van der Waals surface area (Å²) in [6.07, 6.45) is 0.457. The van der Waals surface area contributed by atoms with Crippen molar-refractivity contribution >= 4 is 23.2 Å². The molecule has 0 bridgehead atoms. The molecule has 1 aromatic carbocycles. The molecule has 1 rings (SSSR count). The van der Waals surface area contributed by atoms with E-state index in [2.05, 4.69) is 5.32 Å². The number of rotatable bonds is 4. The van der Waals surface area contributed by atoms with E-state index in [4.69, 9.17) is 11.6 Å². The van der Waals surface area contributed by atoms with Crippen LogP contribution in [0.15, 0.2) is 24.3 Å². The number of para-hydroxylation sites is 1. The first-order valence-electron chi connectivity index (χ1n) is 5.22. The topological polar surface area (TPSA) is 32.3 Å². The Bertz CT molecular complexity index is 366. The summed E-state index contributed by atoms with van der Waals surface area (Å²) in [6.45, 7) is 1.96. The largest absolute Gasteiger partial charge is 0.381 e. The van der Waals surface area contributed by atoms with Crippen LogP contribution in [0.4, 0.5) is 5.69 Å². The van der Waals surface area contributed by atoms with E-state index < -0.39 is 0 Å². The Morgan fingerprint density at radius 1 is 1.44 bits per heavy atom. The summed E-state index contributed by atoms with van der Waals surface area (Å²) in [6, 6.07) is 7.58. The Labute approximate surface area is 101 Å². The molecule has 0 saturated heterocycles. The number of carbonyl (C=O) groups is 1. The van der Waals surface area contributed by atoms with Crippen molar-refractivity contribution in [3.05, 3.63) is 29.3 Å². The molecule has 0 heterocycles. The van der Waals surface area contributed by atoms with Gasteiger partial charge in [0.05, 0.1) is 10.7 Å². The van der Waals surface area contributed by atoms with E-state index in [0.717, 1.165) is 5.69 Å². The molecule has 1 atom stereocenters. The van der Waals surface area contributed by atoms with Crippen molar-refractivity contribution in [3.8, 4) is 0 Å². The fourth-order valence-electron chi connectivity index (χ4n) is 1.34. The minimum Gasteiger partial charge on any atom is -0.381 e. The minimum atomic E-state index is 0.0646. The Morgan fingerprint density at radius 3 is 2.62 bits per heavy atom. The number of amides is 1. The molecule has 4 heteroatoms. The third-order valence-electron chi connectivity index (χ3n) is 2.26. The zero-order chi connectivity index (χ0) is 12.1. The van der Waals surface area contributed by atoms with E-state index in [0.29, 0.717) is 11.4 Å². The molecule has 0 radical (unpaired) electrons. The second-order valence-corrected chi connectivity index (χ2v) is 4.42. The molecule has 0 aromatic heterocycles. The molecular weight excluding hydrogens is 224 g/mol. The van der Waals surface area contributed by atoms with Crippen LogP contribution in [0.3, 0.4) is 0 Å². The van der Waals surface area contributed by atoms with E-state index in [9.17, 15) is 4.79 Å². The van der Waals surface area contributed by atoms with Crippen LogP contribution < -0.4 is 5.32 Å². The lowest BCUT2D eigenvalue weighted by molar-refractivity contribution is -0.128. The van der Waals surface area contributed by atoms with E-state index in [1.807, 2.05) is 31.2 Å². The smallest absolute Gasteiger partial charge is 0.224 e. The molecule has 0 fully saturated rings. The van der Waals surface area contributed by atoms with Crippen LogP contribution in [-0.2, 0) is 4.79 Å². The van der Waals surface area contributed by atoms with Crippen LogP contribution in [0.5, 0.6) is 0 Å². The highest BCUT2D eigenvalue weighted by Gasteiger charge is 2.11. The average molecular weight is 241 g/mol. The van der Waals surface area contributed by atoms with Gasteiger partial charge in [0, 0.05) is 26.6 Å². The standard InChI is InChI=1S/C12H17ClN2O/c1-9(8-12(16)15(2)3)14-11-7-5-4-6-10(11)13/h4-7,9,14H,8H2,1-3H3. The number of nitrogens with one attached hydrogen (secondary N) is 1. The van der Waals surface area contributed by atoms with Crippen molar-refractivity contribution in [1.82, 2.24) is 4.90 Å². The summed E-state index contributed by atoms with van der Waals surface area (Å²) >= 11 is 6.01. The van der Waals surface area contributed by atoms with Gasteiger partial charge in [-0.15, -0.1) is 0 Å². The fourth-order valence-corrected chi connectivity index (χ4v) is 1.53. The number of hydrogen-bond acceptors (Lipinski definition) is 2. The number of carbonyl (C=O) groups excluding carboxylic acids is 1. The first kappa shape index (κ1) is 12.8. The van der Waals surface area contributed by atoms with Gasteiger partial charge >= 0.3 is 0 Å². The summed E-state index contributed by atoms with van der Waals surface area (Å²) in [5.41, 5.74) is 0.864. The summed E-state index contributed by atoms with van der Waals surface area (Å²) in [4.78, 5) is 13.1. The average Bonchev–Trinajstić information content (AvgIpc) is 2.21. The molecule has 0 aliphatic carbocycles. The quantitative estimate of drug-likeness (QED) is 0.878. The molecule has 0 spiro atoms. The molecule has 1 unspecified atom stereocenters. The Hall–Kier alpha value is -1.22. The fraction of sp³-hybridized carbons (Fsp3) is 0.417. The maximum absolute atomic E-state index is 11.5. The Morgan fingerprint density at radius 2 is 2.06 bits per heavy atom. The number of benzene rings is 1. The zero-order valence-corrected chi connectivity index (χ0v) is 10.6. The zero-order valence-electron chi connectivity index (χ0n) is 9.83. The SMILES string of the molecule is CC(CC(=O)N(C)C)Nc1ccccc1Cl. The molecule has 0 aliphatic rings. The van der Waals surface area contributed by atoms with Crippen molar-refractivity contribution < 1.29 is 4.79 Å². The predicted molar refractivity (Wildman–Crippen MR) is 67.8 cm³/mol. The molecule has 1 amide bonds.